The van der Waals surface area contributed by atoms with E-state index in [9.17, 15) is 0 Å². The second-order valence-electron chi connectivity index (χ2n) is 4.52. The van der Waals surface area contributed by atoms with E-state index in [-0.39, 0.29) is 0 Å². The Balaban J connectivity index is 1.82. The van der Waals surface area contributed by atoms with E-state index in [4.69, 9.17) is 23.2 Å². The summed E-state index contributed by atoms with van der Waals surface area (Å²) in [6, 6.07) is 15.7. The standard InChI is InChI=1S/C16H12Cl2N2/c17-13-7-6-11(8-14(13)18)9-16-19-10-15(20-16)12-4-2-1-3-5-12/h1-8,10H,9H2,(H,19,20). The van der Waals surface area contributed by atoms with Gasteiger partial charge in [-0.05, 0) is 17.7 Å². The van der Waals surface area contributed by atoms with Crippen LogP contribution in [-0.4, -0.2) is 9.97 Å². The van der Waals surface area contributed by atoms with E-state index >= 15 is 0 Å². The van der Waals surface area contributed by atoms with Crippen LogP contribution in [0.15, 0.2) is 54.7 Å². The summed E-state index contributed by atoms with van der Waals surface area (Å²) in [5.41, 5.74) is 3.12. The normalized spacial score (nSPS) is 10.7. The molecule has 1 N–H and O–H groups in total. The lowest BCUT2D eigenvalue weighted by Crippen LogP contribution is -1.91. The first kappa shape index (κ1) is 13.2. The summed E-state index contributed by atoms with van der Waals surface area (Å²) in [7, 11) is 0. The van der Waals surface area contributed by atoms with Gasteiger partial charge in [-0.15, -0.1) is 0 Å². The van der Waals surface area contributed by atoms with E-state index in [1.165, 1.54) is 0 Å². The molecule has 100 valence electrons. The lowest BCUT2D eigenvalue weighted by atomic mass is 10.1. The zero-order chi connectivity index (χ0) is 13.9. The first-order chi connectivity index (χ1) is 9.72. The molecule has 1 heterocycles. The molecule has 0 amide bonds. The number of hydrogen-bond acceptors (Lipinski definition) is 1. The van der Waals surface area contributed by atoms with Gasteiger partial charge in [-0.1, -0.05) is 59.6 Å². The molecule has 0 atom stereocenters. The minimum Gasteiger partial charge on any atom is -0.348 e. The third kappa shape index (κ3) is 2.87. The fourth-order valence-electron chi connectivity index (χ4n) is 2.05. The van der Waals surface area contributed by atoms with Crippen LogP contribution in [0.4, 0.5) is 0 Å². The summed E-state index contributed by atoms with van der Waals surface area (Å²) in [6.07, 6.45) is 2.62. The van der Waals surface area contributed by atoms with E-state index in [0.29, 0.717) is 16.5 Å². The third-order valence-corrected chi connectivity index (χ3v) is 3.80. The average molecular weight is 303 g/mol. The number of hydrogen-bond donors (Lipinski definition) is 1. The molecule has 0 bridgehead atoms. The first-order valence-corrected chi connectivity index (χ1v) is 7.01. The van der Waals surface area contributed by atoms with Crippen molar-refractivity contribution in [2.75, 3.05) is 0 Å². The molecule has 2 nitrogen and oxygen atoms in total. The highest BCUT2D eigenvalue weighted by Gasteiger charge is 2.06. The van der Waals surface area contributed by atoms with E-state index < -0.39 is 0 Å². The SMILES string of the molecule is Clc1ccc(Cc2nc(-c3ccccc3)c[nH]2)cc1Cl. The minimum absolute atomic E-state index is 0.569. The van der Waals surface area contributed by atoms with Crippen molar-refractivity contribution >= 4 is 23.2 Å². The number of imidazole rings is 1. The first-order valence-electron chi connectivity index (χ1n) is 6.26. The van der Waals surface area contributed by atoms with Crippen molar-refractivity contribution in [3.63, 3.8) is 0 Å². The van der Waals surface area contributed by atoms with Gasteiger partial charge in [-0.3, -0.25) is 0 Å². The molecule has 0 unspecified atom stereocenters. The highest BCUT2D eigenvalue weighted by atomic mass is 35.5. The lowest BCUT2D eigenvalue weighted by Gasteiger charge is -2.01. The highest BCUT2D eigenvalue weighted by molar-refractivity contribution is 6.42. The number of halogens is 2. The Bertz CT molecular complexity index is 720. The maximum atomic E-state index is 6.02. The highest BCUT2D eigenvalue weighted by Crippen LogP contribution is 2.24. The molecule has 0 saturated heterocycles. The van der Waals surface area contributed by atoms with Crippen molar-refractivity contribution in [2.45, 2.75) is 6.42 Å². The van der Waals surface area contributed by atoms with Crippen molar-refractivity contribution in [1.82, 2.24) is 9.97 Å². The van der Waals surface area contributed by atoms with Gasteiger partial charge in [0, 0.05) is 18.2 Å². The summed E-state index contributed by atoms with van der Waals surface area (Å²) in [5.74, 6) is 0.905. The van der Waals surface area contributed by atoms with Gasteiger partial charge in [0.2, 0.25) is 0 Å². The van der Waals surface area contributed by atoms with Crippen LogP contribution in [0.3, 0.4) is 0 Å². The topological polar surface area (TPSA) is 28.7 Å². The lowest BCUT2D eigenvalue weighted by molar-refractivity contribution is 1.03. The number of benzene rings is 2. The Morgan fingerprint density at radius 3 is 2.50 bits per heavy atom. The van der Waals surface area contributed by atoms with E-state index in [0.717, 1.165) is 22.6 Å². The summed E-state index contributed by atoms with van der Waals surface area (Å²) in [4.78, 5) is 7.80. The van der Waals surface area contributed by atoms with E-state index in [1.807, 2.05) is 48.7 Å². The molecule has 3 rings (SSSR count). The molecule has 1 aromatic heterocycles. The van der Waals surface area contributed by atoms with Crippen molar-refractivity contribution < 1.29 is 0 Å². The van der Waals surface area contributed by atoms with Crippen molar-refractivity contribution in [3.05, 3.63) is 76.2 Å². The quantitative estimate of drug-likeness (QED) is 0.726. The van der Waals surface area contributed by atoms with Gasteiger partial charge in [-0.2, -0.15) is 0 Å². The Morgan fingerprint density at radius 2 is 1.75 bits per heavy atom. The molecule has 0 aliphatic heterocycles. The van der Waals surface area contributed by atoms with Crippen LogP contribution in [0.25, 0.3) is 11.3 Å². The van der Waals surface area contributed by atoms with Gasteiger partial charge in [0.15, 0.2) is 0 Å². The van der Waals surface area contributed by atoms with Crippen LogP contribution in [-0.2, 0) is 6.42 Å². The maximum Gasteiger partial charge on any atom is 0.111 e. The van der Waals surface area contributed by atoms with Gasteiger partial charge in [0.05, 0.1) is 15.7 Å². The molecule has 0 radical (unpaired) electrons. The fourth-order valence-corrected chi connectivity index (χ4v) is 2.37. The molecule has 0 fully saturated rings. The zero-order valence-electron chi connectivity index (χ0n) is 10.6. The van der Waals surface area contributed by atoms with Crippen molar-refractivity contribution in [3.8, 4) is 11.3 Å². The Hall–Kier alpha value is -1.77. The van der Waals surface area contributed by atoms with Crippen LogP contribution in [0.2, 0.25) is 10.0 Å². The summed E-state index contributed by atoms with van der Waals surface area (Å²) < 4.78 is 0. The average Bonchev–Trinajstić information content (AvgIpc) is 2.92. The summed E-state index contributed by atoms with van der Waals surface area (Å²) in [6.45, 7) is 0. The van der Waals surface area contributed by atoms with Crippen LogP contribution in [0.5, 0.6) is 0 Å². The number of nitrogens with zero attached hydrogens (tertiary/aromatic N) is 1. The number of H-pyrrole nitrogens is 1. The largest absolute Gasteiger partial charge is 0.348 e. The third-order valence-electron chi connectivity index (χ3n) is 3.06. The van der Waals surface area contributed by atoms with Crippen LogP contribution in [0, 0.1) is 0 Å². The predicted molar refractivity (Wildman–Crippen MR) is 83.3 cm³/mol. The molecular weight excluding hydrogens is 291 g/mol. The second-order valence-corrected chi connectivity index (χ2v) is 5.34. The van der Waals surface area contributed by atoms with Gasteiger partial charge in [0.1, 0.15) is 5.82 Å². The molecule has 0 saturated carbocycles. The Kier molecular flexibility index (Phi) is 3.77. The van der Waals surface area contributed by atoms with Crippen molar-refractivity contribution in [1.29, 1.82) is 0 Å². The molecule has 0 aliphatic rings. The Labute approximate surface area is 127 Å². The summed E-state index contributed by atoms with van der Waals surface area (Å²) in [5, 5.41) is 1.14. The van der Waals surface area contributed by atoms with Gasteiger partial charge >= 0.3 is 0 Å². The second kappa shape index (κ2) is 5.70. The molecule has 4 heteroatoms. The van der Waals surface area contributed by atoms with E-state index in [1.54, 1.807) is 6.07 Å². The smallest absolute Gasteiger partial charge is 0.111 e. The minimum atomic E-state index is 0.569. The van der Waals surface area contributed by atoms with Gasteiger partial charge < -0.3 is 4.98 Å². The predicted octanol–water partition coefficient (Wildman–Crippen LogP) is 4.97. The van der Waals surface area contributed by atoms with E-state index in [2.05, 4.69) is 9.97 Å². The molecule has 2 aromatic carbocycles. The maximum absolute atomic E-state index is 6.02. The van der Waals surface area contributed by atoms with Crippen LogP contribution in [0.1, 0.15) is 11.4 Å². The summed E-state index contributed by atoms with van der Waals surface area (Å²) >= 11 is 11.9. The number of rotatable bonds is 3. The van der Waals surface area contributed by atoms with Crippen molar-refractivity contribution in [2.24, 2.45) is 0 Å². The Morgan fingerprint density at radius 1 is 0.950 bits per heavy atom. The van der Waals surface area contributed by atoms with Gasteiger partial charge in [0.25, 0.3) is 0 Å². The number of nitrogens with one attached hydrogen (secondary N) is 1. The molecule has 0 aliphatic carbocycles. The number of aromatic nitrogens is 2. The number of aromatic amines is 1. The van der Waals surface area contributed by atoms with Crippen LogP contribution < -0.4 is 0 Å². The monoisotopic (exact) mass is 302 g/mol. The molecule has 3 aromatic rings. The fraction of sp³-hybridized carbons (Fsp3) is 0.0625. The molecular formula is C16H12Cl2N2. The van der Waals surface area contributed by atoms with Crippen LogP contribution >= 0.6 is 23.2 Å². The molecule has 0 spiro atoms. The molecule has 20 heavy (non-hydrogen) atoms. The zero-order valence-corrected chi connectivity index (χ0v) is 12.1. The van der Waals surface area contributed by atoms with Gasteiger partial charge in [-0.25, -0.2) is 4.98 Å².